The molecular weight excluding hydrogens is 314 g/mol. The summed E-state index contributed by atoms with van der Waals surface area (Å²) in [5.74, 6) is 1.55. The van der Waals surface area contributed by atoms with E-state index in [-0.39, 0.29) is 0 Å². The van der Waals surface area contributed by atoms with Crippen molar-refractivity contribution in [3.8, 4) is 17.2 Å². The summed E-state index contributed by atoms with van der Waals surface area (Å²) in [5.41, 5.74) is 1.82. The summed E-state index contributed by atoms with van der Waals surface area (Å²) in [6.07, 6.45) is 1.53. The summed E-state index contributed by atoms with van der Waals surface area (Å²) in [6, 6.07) is 10.9. The van der Waals surface area contributed by atoms with Crippen LogP contribution >= 0.6 is 0 Å². The van der Waals surface area contributed by atoms with Crippen molar-refractivity contribution in [2.45, 2.75) is 11.8 Å². The van der Waals surface area contributed by atoms with Gasteiger partial charge in [-0.05, 0) is 31.2 Å². The van der Waals surface area contributed by atoms with Gasteiger partial charge in [-0.15, -0.1) is 0 Å². The van der Waals surface area contributed by atoms with Crippen molar-refractivity contribution in [3.05, 3.63) is 47.5 Å². The largest absolute Gasteiger partial charge is 0.493 e. The molecule has 122 valence electrons. The van der Waals surface area contributed by atoms with Gasteiger partial charge in [0.1, 0.15) is 0 Å². The molecule has 0 saturated carbocycles. The second kappa shape index (κ2) is 7.78. The van der Waals surface area contributed by atoms with Crippen LogP contribution in [0.25, 0.3) is 0 Å². The van der Waals surface area contributed by atoms with Crippen LogP contribution in [0.2, 0.25) is 0 Å². The summed E-state index contributed by atoms with van der Waals surface area (Å²) in [4.78, 5) is 0.652. The van der Waals surface area contributed by atoms with Crippen LogP contribution in [-0.2, 0) is 11.0 Å². The molecule has 6 heteroatoms. The Balaban J connectivity index is 2.28. The van der Waals surface area contributed by atoms with Gasteiger partial charge >= 0.3 is 0 Å². The molecule has 0 aromatic heterocycles. The Kier molecular flexibility index (Phi) is 5.76. The summed E-state index contributed by atoms with van der Waals surface area (Å²) >= 11 is 0. The standard InChI is InChI=1S/C17H19NO4S/c1-12-5-7-14(8-6-12)23(19)18-11-13-9-15(20-2)17(22-4)16(10-13)21-3/h5-11H,1-4H3/b18-11+. The SMILES string of the molecule is COc1cc(/C=N/S(=O)c2ccc(C)cc2)cc(OC)c1OC. The van der Waals surface area contributed by atoms with Gasteiger partial charge in [0, 0.05) is 11.8 Å². The van der Waals surface area contributed by atoms with Gasteiger partial charge in [0.05, 0.1) is 26.2 Å². The van der Waals surface area contributed by atoms with Gasteiger partial charge in [-0.1, -0.05) is 17.7 Å². The quantitative estimate of drug-likeness (QED) is 0.762. The lowest BCUT2D eigenvalue weighted by Crippen LogP contribution is -1.97. The zero-order chi connectivity index (χ0) is 16.8. The van der Waals surface area contributed by atoms with E-state index in [0.29, 0.717) is 27.7 Å². The summed E-state index contributed by atoms with van der Waals surface area (Å²) < 4.78 is 32.1. The van der Waals surface area contributed by atoms with Crippen molar-refractivity contribution >= 4 is 17.2 Å². The highest BCUT2D eigenvalue weighted by atomic mass is 32.2. The maximum atomic E-state index is 12.2. The molecule has 1 unspecified atom stereocenters. The van der Waals surface area contributed by atoms with Crippen LogP contribution < -0.4 is 14.2 Å². The molecule has 0 bridgehead atoms. The summed E-state index contributed by atoms with van der Waals surface area (Å²) in [6.45, 7) is 1.98. The lowest BCUT2D eigenvalue weighted by atomic mass is 10.2. The Bertz CT molecular complexity index is 701. The van der Waals surface area contributed by atoms with Gasteiger partial charge in [-0.25, -0.2) is 4.21 Å². The van der Waals surface area contributed by atoms with Crippen LogP contribution in [0.3, 0.4) is 0 Å². The molecule has 2 aromatic rings. The average molecular weight is 333 g/mol. The van der Waals surface area contributed by atoms with Gasteiger partial charge in [0.15, 0.2) is 22.5 Å². The Hall–Kier alpha value is -2.34. The first-order chi connectivity index (χ1) is 11.1. The molecule has 0 radical (unpaired) electrons. The topological polar surface area (TPSA) is 57.1 Å². The van der Waals surface area contributed by atoms with E-state index >= 15 is 0 Å². The van der Waals surface area contributed by atoms with Crippen molar-refractivity contribution in [3.63, 3.8) is 0 Å². The molecule has 0 spiro atoms. The zero-order valence-electron chi connectivity index (χ0n) is 13.5. The fraction of sp³-hybridized carbons (Fsp3) is 0.235. The van der Waals surface area contributed by atoms with Crippen molar-refractivity contribution < 1.29 is 18.4 Å². The monoisotopic (exact) mass is 333 g/mol. The van der Waals surface area contributed by atoms with Crippen LogP contribution in [0.1, 0.15) is 11.1 Å². The number of ether oxygens (including phenoxy) is 3. The van der Waals surface area contributed by atoms with Gasteiger partial charge in [0.25, 0.3) is 0 Å². The van der Waals surface area contributed by atoms with Crippen molar-refractivity contribution in [1.29, 1.82) is 0 Å². The van der Waals surface area contributed by atoms with Crippen LogP contribution in [0, 0.1) is 6.92 Å². The lowest BCUT2D eigenvalue weighted by molar-refractivity contribution is 0.324. The number of nitrogens with zero attached hydrogens (tertiary/aromatic N) is 1. The number of hydrogen-bond acceptors (Lipinski definition) is 4. The predicted octanol–water partition coefficient (Wildman–Crippen LogP) is 3.16. The predicted molar refractivity (Wildman–Crippen MR) is 91.3 cm³/mol. The van der Waals surface area contributed by atoms with E-state index in [4.69, 9.17) is 14.2 Å². The van der Waals surface area contributed by atoms with Crippen molar-refractivity contribution in [2.75, 3.05) is 21.3 Å². The minimum absolute atomic E-state index is 0.506. The summed E-state index contributed by atoms with van der Waals surface area (Å²) in [7, 11) is 3.17. The number of methoxy groups -OCH3 is 3. The van der Waals surface area contributed by atoms with E-state index in [1.807, 2.05) is 19.1 Å². The van der Waals surface area contributed by atoms with Crippen molar-refractivity contribution in [1.82, 2.24) is 0 Å². The van der Waals surface area contributed by atoms with E-state index in [0.717, 1.165) is 5.56 Å². The van der Waals surface area contributed by atoms with Crippen LogP contribution in [0.15, 0.2) is 45.7 Å². The molecule has 5 nitrogen and oxygen atoms in total. The number of benzene rings is 2. The molecule has 0 aliphatic heterocycles. The fourth-order valence-electron chi connectivity index (χ4n) is 2.00. The zero-order valence-corrected chi connectivity index (χ0v) is 14.3. The third-order valence-electron chi connectivity index (χ3n) is 3.21. The van der Waals surface area contributed by atoms with Crippen LogP contribution in [0.4, 0.5) is 0 Å². The van der Waals surface area contributed by atoms with Crippen LogP contribution in [-0.4, -0.2) is 31.8 Å². The van der Waals surface area contributed by atoms with Gasteiger partial charge in [0.2, 0.25) is 5.75 Å². The number of aryl methyl sites for hydroxylation is 1. The molecular formula is C17H19NO4S. The van der Waals surface area contributed by atoms with Gasteiger partial charge < -0.3 is 14.2 Å². The Morgan fingerprint density at radius 2 is 1.52 bits per heavy atom. The Morgan fingerprint density at radius 1 is 0.957 bits per heavy atom. The highest BCUT2D eigenvalue weighted by Gasteiger charge is 2.12. The van der Waals surface area contributed by atoms with Gasteiger partial charge in [-0.2, -0.15) is 4.40 Å². The van der Waals surface area contributed by atoms with E-state index in [2.05, 4.69) is 4.40 Å². The van der Waals surface area contributed by atoms with E-state index in [1.165, 1.54) is 6.21 Å². The summed E-state index contributed by atoms with van der Waals surface area (Å²) in [5, 5.41) is 0. The van der Waals surface area contributed by atoms with E-state index < -0.39 is 11.0 Å². The highest BCUT2D eigenvalue weighted by molar-refractivity contribution is 7.83. The maximum Gasteiger partial charge on any atom is 0.203 e. The third kappa shape index (κ3) is 4.10. The lowest BCUT2D eigenvalue weighted by Gasteiger charge is -2.12. The van der Waals surface area contributed by atoms with Crippen molar-refractivity contribution in [2.24, 2.45) is 4.40 Å². The Labute approximate surface area is 138 Å². The average Bonchev–Trinajstić information content (AvgIpc) is 2.59. The molecule has 2 aromatic carbocycles. The smallest absolute Gasteiger partial charge is 0.203 e. The second-order valence-corrected chi connectivity index (χ2v) is 5.94. The maximum absolute atomic E-state index is 12.2. The first-order valence-corrected chi connectivity index (χ1v) is 8.02. The van der Waals surface area contributed by atoms with Gasteiger partial charge in [-0.3, -0.25) is 0 Å². The molecule has 0 fully saturated rings. The third-order valence-corrected chi connectivity index (χ3v) is 4.18. The minimum Gasteiger partial charge on any atom is -0.493 e. The molecule has 0 heterocycles. The molecule has 0 aliphatic carbocycles. The number of hydrogen-bond donors (Lipinski definition) is 0. The molecule has 2 rings (SSSR count). The molecule has 1 atom stereocenters. The molecule has 0 N–H and O–H groups in total. The number of rotatable bonds is 6. The van der Waals surface area contributed by atoms with E-state index in [9.17, 15) is 4.21 Å². The second-order valence-electron chi connectivity index (χ2n) is 4.76. The molecule has 0 saturated heterocycles. The normalized spacial score (nSPS) is 12.2. The van der Waals surface area contributed by atoms with Crippen LogP contribution in [0.5, 0.6) is 17.2 Å². The molecule has 23 heavy (non-hydrogen) atoms. The van der Waals surface area contributed by atoms with E-state index in [1.54, 1.807) is 45.6 Å². The fourth-order valence-corrected chi connectivity index (χ4v) is 2.71. The molecule has 0 aliphatic rings. The minimum atomic E-state index is -1.46. The first kappa shape index (κ1) is 17.0. The highest BCUT2D eigenvalue weighted by Crippen LogP contribution is 2.37. The molecule has 0 amide bonds. The first-order valence-electron chi connectivity index (χ1n) is 6.91. The Morgan fingerprint density at radius 3 is 2.00 bits per heavy atom.